The average Bonchev–Trinajstić information content (AvgIpc) is 2.84. The van der Waals surface area contributed by atoms with Crippen molar-refractivity contribution < 1.29 is 19.1 Å². The second-order valence-electron chi connectivity index (χ2n) is 6.19. The fourth-order valence-corrected chi connectivity index (χ4v) is 3.10. The Morgan fingerprint density at radius 2 is 1.96 bits per heavy atom. The maximum atomic E-state index is 12.2. The smallest absolute Gasteiger partial charge is 0.225 e. The van der Waals surface area contributed by atoms with Gasteiger partial charge in [-0.25, -0.2) is 0 Å². The fraction of sp³-hybridized carbons (Fsp3) is 0.556. The first-order valence-corrected chi connectivity index (χ1v) is 8.38. The summed E-state index contributed by atoms with van der Waals surface area (Å²) in [6, 6.07) is 5.72. The zero-order valence-electron chi connectivity index (χ0n) is 15.4. The van der Waals surface area contributed by atoms with E-state index in [2.05, 4.69) is 10.2 Å². The number of hydrogen-bond acceptors (Lipinski definition) is 5. The zero-order valence-corrected chi connectivity index (χ0v) is 15.4. The van der Waals surface area contributed by atoms with Crippen LogP contribution in [0.4, 0.5) is 0 Å². The molecular formula is C18H27N3O4. The molecule has 25 heavy (non-hydrogen) atoms. The molecule has 7 nitrogen and oxygen atoms in total. The van der Waals surface area contributed by atoms with E-state index in [1.165, 1.54) is 0 Å². The predicted molar refractivity (Wildman–Crippen MR) is 94.6 cm³/mol. The highest BCUT2D eigenvalue weighted by Crippen LogP contribution is 2.26. The van der Waals surface area contributed by atoms with Crippen LogP contribution < -0.4 is 14.8 Å². The van der Waals surface area contributed by atoms with Crippen LogP contribution in [0, 0.1) is 5.92 Å². The molecule has 0 aromatic heterocycles. The molecule has 0 saturated carbocycles. The van der Waals surface area contributed by atoms with Gasteiger partial charge in [0.1, 0.15) is 11.5 Å². The fourth-order valence-electron chi connectivity index (χ4n) is 3.10. The van der Waals surface area contributed by atoms with Gasteiger partial charge in [0.15, 0.2) is 0 Å². The lowest BCUT2D eigenvalue weighted by Gasteiger charge is -2.24. The number of amides is 2. The number of rotatable bonds is 5. The van der Waals surface area contributed by atoms with E-state index in [-0.39, 0.29) is 17.7 Å². The average molecular weight is 349 g/mol. The number of ether oxygens (including phenoxy) is 2. The lowest BCUT2D eigenvalue weighted by Crippen LogP contribution is -2.40. The lowest BCUT2D eigenvalue weighted by molar-refractivity contribution is -0.130. The van der Waals surface area contributed by atoms with Gasteiger partial charge in [-0.15, -0.1) is 0 Å². The van der Waals surface area contributed by atoms with Crippen LogP contribution in [0.15, 0.2) is 18.2 Å². The molecule has 7 heteroatoms. The zero-order chi connectivity index (χ0) is 18.4. The van der Waals surface area contributed by atoms with Crippen LogP contribution in [0.1, 0.15) is 12.5 Å². The Labute approximate surface area is 148 Å². The number of methoxy groups -OCH3 is 2. The summed E-state index contributed by atoms with van der Waals surface area (Å²) in [6.07, 6.45) is 0. The first-order chi connectivity index (χ1) is 12.0. The Morgan fingerprint density at radius 1 is 1.20 bits per heavy atom. The molecule has 1 unspecified atom stereocenters. The van der Waals surface area contributed by atoms with Crippen LogP contribution in [0.2, 0.25) is 0 Å². The highest BCUT2D eigenvalue weighted by molar-refractivity contribution is 5.80. The van der Waals surface area contributed by atoms with Gasteiger partial charge < -0.3 is 19.7 Å². The van der Waals surface area contributed by atoms with Gasteiger partial charge in [0.25, 0.3) is 0 Å². The van der Waals surface area contributed by atoms with Crippen molar-refractivity contribution in [1.29, 1.82) is 0 Å². The van der Waals surface area contributed by atoms with Gasteiger partial charge in [0.05, 0.1) is 20.1 Å². The van der Waals surface area contributed by atoms with Crippen molar-refractivity contribution in [3.05, 3.63) is 23.8 Å². The first-order valence-electron chi connectivity index (χ1n) is 8.38. The van der Waals surface area contributed by atoms with Gasteiger partial charge in [0, 0.05) is 58.3 Å². The van der Waals surface area contributed by atoms with Crippen molar-refractivity contribution in [1.82, 2.24) is 15.1 Å². The summed E-state index contributed by atoms with van der Waals surface area (Å²) >= 11 is 0. The molecule has 1 aliphatic heterocycles. The Kier molecular flexibility index (Phi) is 6.64. The third-order valence-electron chi connectivity index (χ3n) is 4.56. The van der Waals surface area contributed by atoms with Crippen LogP contribution in [-0.2, 0) is 16.1 Å². The molecule has 0 radical (unpaired) electrons. The predicted octanol–water partition coefficient (Wildman–Crippen LogP) is 0.730. The van der Waals surface area contributed by atoms with Gasteiger partial charge in [0.2, 0.25) is 11.8 Å². The van der Waals surface area contributed by atoms with Gasteiger partial charge >= 0.3 is 0 Å². The SMILES string of the molecule is CNC(=O)C1CN(Cc2ccc(OC)cc2OC)CCN(C(C)=O)C1. The summed E-state index contributed by atoms with van der Waals surface area (Å²) < 4.78 is 10.7. The molecule has 2 rings (SSSR count). The third-order valence-corrected chi connectivity index (χ3v) is 4.56. The molecule has 1 aromatic carbocycles. The molecule has 1 heterocycles. The van der Waals surface area contributed by atoms with E-state index in [9.17, 15) is 9.59 Å². The van der Waals surface area contributed by atoms with Crippen molar-refractivity contribution in [2.24, 2.45) is 5.92 Å². The van der Waals surface area contributed by atoms with E-state index < -0.39 is 0 Å². The van der Waals surface area contributed by atoms with Crippen LogP contribution in [-0.4, -0.2) is 69.1 Å². The van der Waals surface area contributed by atoms with Gasteiger partial charge in [-0.3, -0.25) is 14.5 Å². The van der Waals surface area contributed by atoms with Crippen molar-refractivity contribution in [3.8, 4) is 11.5 Å². The maximum Gasteiger partial charge on any atom is 0.225 e. The number of nitrogens with one attached hydrogen (secondary N) is 1. The van der Waals surface area contributed by atoms with E-state index in [1.807, 2.05) is 18.2 Å². The molecule has 1 N–H and O–H groups in total. The second kappa shape index (κ2) is 8.71. The molecule has 1 aliphatic rings. The Hall–Kier alpha value is -2.28. The first kappa shape index (κ1) is 19.1. The Morgan fingerprint density at radius 3 is 2.56 bits per heavy atom. The van der Waals surface area contributed by atoms with E-state index in [1.54, 1.807) is 33.1 Å². The minimum atomic E-state index is -0.249. The van der Waals surface area contributed by atoms with Crippen LogP contribution in [0.3, 0.4) is 0 Å². The highest BCUT2D eigenvalue weighted by atomic mass is 16.5. The number of carbonyl (C=O) groups is 2. The number of hydrogen-bond donors (Lipinski definition) is 1. The van der Waals surface area contributed by atoms with Crippen LogP contribution in [0.25, 0.3) is 0 Å². The normalized spacial score (nSPS) is 18.4. The van der Waals surface area contributed by atoms with Gasteiger partial charge in [-0.2, -0.15) is 0 Å². The van der Waals surface area contributed by atoms with E-state index in [0.717, 1.165) is 17.1 Å². The van der Waals surface area contributed by atoms with Crippen LogP contribution >= 0.6 is 0 Å². The molecule has 1 fully saturated rings. The summed E-state index contributed by atoms with van der Waals surface area (Å²) in [4.78, 5) is 27.9. The molecule has 0 spiro atoms. The number of benzene rings is 1. The van der Waals surface area contributed by atoms with Gasteiger partial charge in [-0.05, 0) is 6.07 Å². The molecule has 1 atom stereocenters. The monoisotopic (exact) mass is 349 g/mol. The summed E-state index contributed by atoms with van der Waals surface area (Å²) in [6.45, 7) is 4.56. The van der Waals surface area contributed by atoms with Crippen molar-refractivity contribution in [2.75, 3.05) is 47.4 Å². The Balaban J connectivity index is 2.17. The summed E-state index contributed by atoms with van der Waals surface area (Å²) in [5, 5.41) is 2.70. The van der Waals surface area contributed by atoms with Crippen LogP contribution in [0.5, 0.6) is 11.5 Å². The number of carbonyl (C=O) groups excluding carboxylic acids is 2. The second-order valence-corrected chi connectivity index (χ2v) is 6.19. The van der Waals surface area contributed by atoms with E-state index in [0.29, 0.717) is 32.7 Å². The standard InChI is InChI=1S/C18H27N3O4/c1-13(22)21-8-7-20(11-15(12-21)18(23)19-2)10-14-5-6-16(24-3)9-17(14)25-4/h5-6,9,15H,7-8,10-12H2,1-4H3,(H,19,23). The van der Waals surface area contributed by atoms with Crippen molar-refractivity contribution >= 4 is 11.8 Å². The third kappa shape index (κ3) is 4.85. The largest absolute Gasteiger partial charge is 0.497 e. The minimum Gasteiger partial charge on any atom is -0.497 e. The molecular weight excluding hydrogens is 322 g/mol. The lowest BCUT2D eigenvalue weighted by atomic mass is 10.1. The molecule has 1 aromatic rings. The quantitative estimate of drug-likeness (QED) is 0.849. The molecule has 2 amide bonds. The molecule has 0 aliphatic carbocycles. The maximum absolute atomic E-state index is 12.2. The van der Waals surface area contributed by atoms with Gasteiger partial charge in [-0.1, -0.05) is 6.07 Å². The number of nitrogens with zero attached hydrogens (tertiary/aromatic N) is 2. The molecule has 138 valence electrons. The summed E-state index contributed by atoms with van der Waals surface area (Å²) in [5.74, 6) is 1.20. The molecule has 1 saturated heterocycles. The van der Waals surface area contributed by atoms with E-state index >= 15 is 0 Å². The highest BCUT2D eigenvalue weighted by Gasteiger charge is 2.28. The topological polar surface area (TPSA) is 71.1 Å². The molecule has 0 bridgehead atoms. The summed E-state index contributed by atoms with van der Waals surface area (Å²) in [5.41, 5.74) is 1.02. The minimum absolute atomic E-state index is 0.00205. The Bertz CT molecular complexity index is 620. The summed E-state index contributed by atoms with van der Waals surface area (Å²) in [7, 11) is 4.88. The van der Waals surface area contributed by atoms with Crippen molar-refractivity contribution in [2.45, 2.75) is 13.5 Å². The van der Waals surface area contributed by atoms with E-state index in [4.69, 9.17) is 9.47 Å². The van der Waals surface area contributed by atoms with Crippen molar-refractivity contribution in [3.63, 3.8) is 0 Å².